The molecule has 76 valence electrons. The quantitative estimate of drug-likeness (QED) is 0.864. The van der Waals surface area contributed by atoms with Crippen molar-refractivity contribution in [3.8, 4) is 0 Å². The summed E-state index contributed by atoms with van der Waals surface area (Å²) >= 11 is 2.22. The van der Waals surface area contributed by atoms with Crippen molar-refractivity contribution in [1.29, 1.82) is 0 Å². The summed E-state index contributed by atoms with van der Waals surface area (Å²) in [4.78, 5) is 13.2. The average molecular weight is 304 g/mol. The number of nitrogens with one attached hydrogen (secondary N) is 1. The molecule has 3 nitrogen and oxygen atoms in total. The Balaban J connectivity index is 2.56. The standard InChI is InChI=1S/C10H13IN2O/c1-13(2)7-10(14)12-9-5-3-4-8(11)6-9/h3-6H,7H2,1-2H3,(H,12,14). The van der Waals surface area contributed by atoms with Gasteiger partial charge in [0.15, 0.2) is 0 Å². The van der Waals surface area contributed by atoms with Gasteiger partial charge in [-0.25, -0.2) is 0 Å². The van der Waals surface area contributed by atoms with Crippen LogP contribution in [0.3, 0.4) is 0 Å². The normalized spacial score (nSPS) is 10.3. The minimum Gasteiger partial charge on any atom is -0.325 e. The Hall–Kier alpha value is -0.620. The molecule has 0 heterocycles. The second kappa shape index (κ2) is 5.31. The number of carbonyl (C=O) groups is 1. The zero-order valence-corrected chi connectivity index (χ0v) is 10.4. The molecule has 1 N–H and O–H groups in total. The number of hydrogen-bond acceptors (Lipinski definition) is 2. The average Bonchev–Trinajstić information content (AvgIpc) is 2.01. The van der Waals surface area contributed by atoms with Crippen LogP contribution in [0.4, 0.5) is 5.69 Å². The molecular weight excluding hydrogens is 291 g/mol. The van der Waals surface area contributed by atoms with Crippen molar-refractivity contribution in [3.05, 3.63) is 27.8 Å². The number of benzene rings is 1. The number of halogens is 1. The summed E-state index contributed by atoms with van der Waals surface area (Å²) in [6, 6.07) is 7.74. The maximum atomic E-state index is 11.4. The molecular formula is C10H13IN2O. The lowest BCUT2D eigenvalue weighted by Crippen LogP contribution is -2.27. The molecule has 0 aliphatic heterocycles. The first-order chi connectivity index (χ1) is 6.58. The summed E-state index contributed by atoms with van der Waals surface area (Å²) in [5.41, 5.74) is 0.851. The smallest absolute Gasteiger partial charge is 0.238 e. The zero-order chi connectivity index (χ0) is 10.6. The summed E-state index contributed by atoms with van der Waals surface area (Å²) in [5.74, 6) is 0.0111. The first-order valence-corrected chi connectivity index (χ1v) is 5.36. The van der Waals surface area contributed by atoms with Crippen LogP contribution in [-0.4, -0.2) is 31.4 Å². The van der Waals surface area contributed by atoms with Crippen molar-refractivity contribution in [2.24, 2.45) is 0 Å². The predicted molar refractivity (Wildman–Crippen MR) is 66.3 cm³/mol. The van der Waals surface area contributed by atoms with E-state index < -0.39 is 0 Å². The van der Waals surface area contributed by atoms with E-state index in [2.05, 4.69) is 27.9 Å². The lowest BCUT2D eigenvalue weighted by atomic mass is 10.3. The van der Waals surface area contributed by atoms with E-state index in [1.54, 1.807) is 0 Å². The topological polar surface area (TPSA) is 32.3 Å². The number of hydrogen-bond donors (Lipinski definition) is 1. The van der Waals surface area contributed by atoms with E-state index in [0.29, 0.717) is 6.54 Å². The highest BCUT2D eigenvalue weighted by atomic mass is 127. The van der Waals surface area contributed by atoms with Crippen LogP contribution in [0.5, 0.6) is 0 Å². The third kappa shape index (κ3) is 4.06. The van der Waals surface area contributed by atoms with Gasteiger partial charge in [-0.15, -0.1) is 0 Å². The fourth-order valence-corrected chi connectivity index (χ4v) is 1.60. The Morgan fingerprint density at radius 2 is 2.21 bits per heavy atom. The van der Waals surface area contributed by atoms with E-state index in [1.165, 1.54) is 0 Å². The largest absolute Gasteiger partial charge is 0.325 e. The number of rotatable bonds is 3. The van der Waals surface area contributed by atoms with Crippen LogP contribution in [0.25, 0.3) is 0 Å². The molecule has 14 heavy (non-hydrogen) atoms. The van der Waals surface area contributed by atoms with Crippen molar-refractivity contribution in [3.63, 3.8) is 0 Å². The molecule has 4 heteroatoms. The van der Waals surface area contributed by atoms with E-state index in [-0.39, 0.29) is 5.91 Å². The fourth-order valence-electron chi connectivity index (χ4n) is 1.05. The summed E-state index contributed by atoms with van der Waals surface area (Å²) in [7, 11) is 3.74. The van der Waals surface area contributed by atoms with Crippen LogP contribution >= 0.6 is 22.6 Å². The maximum Gasteiger partial charge on any atom is 0.238 e. The molecule has 0 fully saturated rings. The van der Waals surface area contributed by atoms with Gasteiger partial charge in [0.25, 0.3) is 0 Å². The Kier molecular flexibility index (Phi) is 4.34. The van der Waals surface area contributed by atoms with Crippen molar-refractivity contribution in [2.75, 3.05) is 26.0 Å². The highest BCUT2D eigenvalue weighted by Gasteiger charge is 2.02. The monoisotopic (exact) mass is 304 g/mol. The lowest BCUT2D eigenvalue weighted by molar-refractivity contribution is -0.116. The van der Waals surface area contributed by atoms with Gasteiger partial charge in [0.05, 0.1) is 6.54 Å². The molecule has 0 radical (unpaired) electrons. The van der Waals surface area contributed by atoms with E-state index in [4.69, 9.17) is 0 Å². The molecule has 0 aliphatic carbocycles. The molecule has 0 unspecified atom stereocenters. The van der Waals surface area contributed by atoms with Crippen LogP contribution in [0.1, 0.15) is 0 Å². The Bertz CT molecular complexity index is 326. The molecule has 0 aromatic heterocycles. The van der Waals surface area contributed by atoms with Gasteiger partial charge in [-0.3, -0.25) is 4.79 Å². The number of carbonyl (C=O) groups excluding carboxylic acids is 1. The van der Waals surface area contributed by atoms with E-state index in [0.717, 1.165) is 9.26 Å². The van der Waals surface area contributed by atoms with Crippen molar-refractivity contribution in [2.45, 2.75) is 0 Å². The Labute approximate surface area is 97.6 Å². The maximum absolute atomic E-state index is 11.4. The molecule has 0 bridgehead atoms. The van der Waals surface area contributed by atoms with Crippen molar-refractivity contribution < 1.29 is 4.79 Å². The second-order valence-electron chi connectivity index (χ2n) is 3.30. The second-order valence-corrected chi connectivity index (χ2v) is 4.54. The molecule has 1 aromatic carbocycles. The number of nitrogens with zero attached hydrogens (tertiary/aromatic N) is 1. The van der Waals surface area contributed by atoms with Gasteiger partial charge < -0.3 is 10.2 Å². The predicted octanol–water partition coefficient (Wildman–Crippen LogP) is 1.79. The number of likely N-dealkylation sites (N-methyl/N-ethyl adjacent to an activating group) is 1. The van der Waals surface area contributed by atoms with Crippen molar-refractivity contribution in [1.82, 2.24) is 4.90 Å². The summed E-state index contributed by atoms with van der Waals surface area (Å²) in [6.45, 7) is 0.408. The van der Waals surface area contributed by atoms with Gasteiger partial charge in [-0.05, 0) is 54.9 Å². The van der Waals surface area contributed by atoms with Gasteiger partial charge in [0, 0.05) is 9.26 Å². The molecule has 1 rings (SSSR count). The number of anilines is 1. The molecule has 1 aromatic rings. The Morgan fingerprint density at radius 3 is 2.79 bits per heavy atom. The zero-order valence-electron chi connectivity index (χ0n) is 8.25. The SMILES string of the molecule is CN(C)CC(=O)Nc1cccc(I)c1. The highest BCUT2D eigenvalue weighted by Crippen LogP contribution is 2.11. The third-order valence-electron chi connectivity index (χ3n) is 1.57. The molecule has 0 atom stereocenters. The Morgan fingerprint density at radius 1 is 1.50 bits per heavy atom. The fraction of sp³-hybridized carbons (Fsp3) is 0.300. The van der Waals surface area contributed by atoms with E-state index in [9.17, 15) is 4.79 Å². The van der Waals surface area contributed by atoms with E-state index in [1.807, 2.05) is 43.3 Å². The lowest BCUT2D eigenvalue weighted by Gasteiger charge is -2.09. The molecule has 0 spiro atoms. The van der Waals surface area contributed by atoms with Gasteiger partial charge in [0.2, 0.25) is 5.91 Å². The summed E-state index contributed by atoms with van der Waals surface area (Å²) in [6.07, 6.45) is 0. The van der Waals surface area contributed by atoms with Gasteiger partial charge in [-0.2, -0.15) is 0 Å². The molecule has 1 amide bonds. The first kappa shape index (κ1) is 11.5. The minimum absolute atomic E-state index is 0.0111. The first-order valence-electron chi connectivity index (χ1n) is 4.28. The third-order valence-corrected chi connectivity index (χ3v) is 2.24. The molecule has 0 saturated carbocycles. The van der Waals surface area contributed by atoms with Gasteiger partial charge in [-0.1, -0.05) is 6.07 Å². The highest BCUT2D eigenvalue weighted by molar-refractivity contribution is 14.1. The van der Waals surface area contributed by atoms with Gasteiger partial charge >= 0.3 is 0 Å². The molecule has 0 aliphatic rings. The summed E-state index contributed by atoms with van der Waals surface area (Å²) in [5, 5.41) is 2.83. The number of amides is 1. The minimum atomic E-state index is 0.0111. The van der Waals surface area contributed by atoms with Crippen LogP contribution in [0.2, 0.25) is 0 Å². The van der Waals surface area contributed by atoms with E-state index >= 15 is 0 Å². The van der Waals surface area contributed by atoms with Gasteiger partial charge in [0.1, 0.15) is 0 Å². The van der Waals surface area contributed by atoms with Crippen LogP contribution < -0.4 is 5.32 Å². The van der Waals surface area contributed by atoms with Crippen LogP contribution in [-0.2, 0) is 4.79 Å². The van der Waals surface area contributed by atoms with Crippen LogP contribution in [0, 0.1) is 3.57 Å². The molecule has 0 saturated heterocycles. The summed E-state index contributed by atoms with van der Waals surface area (Å²) < 4.78 is 1.12. The van der Waals surface area contributed by atoms with Crippen LogP contribution in [0.15, 0.2) is 24.3 Å². The van der Waals surface area contributed by atoms with Crippen molar-refractivity contribution >= 4 is 34.2 Å².